The van der Waals surface area contributed by atoms with Gasteiger partial charge in [-0.2, -0.15) is 0 Å². The third-order valence-corrected chi connectivity index (χ3v) is 2.65. The summed E-state index contributed by atoms with van der Waals surface area (Å²) in [5, 5.41) is 11.6. The van der Waals surface area contributed by atoms with E-state index in [1.54, 1.807) is 6.07 Å². The number of carbonyl (C=O) groups excluding carboxylic acids is 1. The van der Waals surface area contributed by atoms with Crippen LogP contribution in [0.2, 0.25) is 5.15 Å². The highest BCUT2D eigenvalue weighted by Gasteiger charge is 2.48. The van der Waals surface area contributed by atoms with Gasteiger partial charge in [-0.25, -0.2) is 4.98 Å². The monoisotopic (exact) mass is 240 g/mol. The lowest BCUT2D eigenvalue weighted by atomic mass is 10.3. The average molecular weight is 241 g/mol. The molecule has 5 nitrogen and oxygen atoms in total. The number of amides is 1. The topological polar surface area (TPSA) is 79.3 Å². The van der Waals surface area contributed by atoms with Crippen LogP contribution in [-0.2, 0) is 9.59 Å². The normalized spacial score (nSPS) is 22.6. The second-order valence-corrected chi connectivity index (χ2v) is 4.03. The highest BCUT2D eigenvalue weighted by molar-refractivity contribution is 6.29. The van der Waals surface area contributed by atoms with E-state index in [2.05, 4.69) is 10.3 Å². The molecule has 0 spiro atoms. The van der Waals surface area contributed by atoms with E-state index in [1.165, 1.54) is 12.3 Å². The summed E-state index contributed by atoms with van der Waals surface area (Å²) in [5.74, 6) is -2.18. The van der Waals surface area contributed by atoms with Gasteiger partial charge in [-0.3, -0.25) is 9.59 Å². The molecule has 1 aromatic heterocycles. The number of carboxylic acid groups (broad SMARTS) is 1. The van der Waals surface area contributed by atoms with Crippen molar-refractivity contribution in [1.29, 1.82) is 0 Å². The molecular formula is C10H9ClN2O3. The summed E-state index contributed by atoms with van der Waals surface area (Å²) in [6.45, 7) is 0. The van der Waals surface area contributed by atoms with E-state index in [4.69, 9.17) is 16.7 Å². The summed E-state index contributed by atoms with van der Waals surface area (Å²) >= 11 is 5.65. The Morgan fingerprint density at radius 3 is 2.81 bits per heavy atom. The number of carbonyl (C=O) groups is 2. The second-order valence-electron chi connectivity index (χ2n) is 3.64. The molecule has 2 atom stereocenters. The average Bonchev–Trinajstić information content (AvgIpc) is 2.96. The molecule has 0 saturated heterocycles. The number of hydrogen-bond acceptors (Lipinski definition) is 3. The summed E-state index contributed by atoms with van der Waals surface area (Å²) in [4.78, 5) is 25.9. The van der Waals surface area contributed by atoms with Crippen LogP contribution in [0.1, 0.15) is 6.42 Å². The Labute approximate surface area is 96.4 Å². The van der Waals surface area contributed by atoms with E-state index in [-0.39, 0.29) is 11.1 Å². The number of anilines is 1. The molecule has 1 amide bonds. The maximum Gasteiger partial charge on any atom is 0.307 e. The molecule has 0 aliphatic heterocycles. The number of nitrogens with one attached hydrogen (secondary N) is 1. The molecule has 0 radical (unpaired) electrons. The van der Waals surface area contributed by atoms with Gasteiger partial charge in [-0.1, -0.05) is 11.6 Å². The zero-order valence-electron chi connectivity index (χ0n) is 8.18. The van der Waals surface area contributed by atoms with Gasteiger partial charge in [0, 0.05) is 11.9 Å². The van der Waals surface area contributed by atoms with Gasteiger partial charge in [0.15, 0.2) is 0 Å². The van der Waals surface area contributed by atoms with E-state index in [0.29, 0.717) is 12.1 Å². The van der Waals surface area contributed by atoms with Crippen LogP contribution in [0, 0.1) is 11.8 Å². The molecule has 2 N–H and O–H groups in total. The molecular weight excluding hydrogens is 232 g/mol. The van der Waals surface area contributed by atoms with E-state index in [9.17, 15) is 9.59 Å². The fraction of sp³-hybridized carbons (Fsp3) is 0.300. The molecule has 2 rings (SSSR count). The Morgan fingerprint density at radius 2 is 2.25 bits per heavy atom. The molecule has 6 heteroatoms. The minimum absolute atomic E-state index is 0.281. The van der Waals surface area contributed by atoms with Gasteiger partial charge in [-0.05, 0) is 18.6 Å². The number of hydrogen-bond donors (Lipinski definition) is 2. The van der Waals surface area contributed by atoms with Crippen LogP contribution in [-0.4, -0.2) is 22.0 Å². The molecule has 16 heavy (non-hydrogen) atoms. The predicted molar refractivity (Wildman–Crippen MR) is 57.1 cm³/mol. The van der Waals surface area contributed by atoms with Gasteiger partial charge >= 0.3 is 5.97 Å². The zero-order valence-corrected chi connectivity index (χ0v) is 8.94. The number of aromatic nitrogens is 1. The van der Waals surface area contributed by atoms with Crippen LogP contribution in [0.25, 0.3) is 0 Å². The fourth-order valence-corrected chi connectivity index (χ4v) is 1.65. The van der Waals surface area contributed by atoms with Gasteiger partial charge in [-0.15, -0.1) is 0 Å². The third kappa shape index (κ3) is 2.30. The summed E-state index contributed by atoms with van der Waals surface area (Å²) in [5.41, 5.74) is 0.529. The van der Waals surface area contributed by atoms with Crippen molar-refractivity contribution in [3.8, 4) is 0 Å². The van der Waals surface area contributed by atoms with Gasteiger partial charge in [0.2, 0.25) is 5.91 Å². The number of nitrogens with zero attached hydrogens (tertiary/aromatic N) is 1. The SMILES string of the molecule is O=C(O)[C@H]1C[C@H]1C(=O)Nc1ccnc(Cl)c1. The first-order chi connectivity index (χ1) is 7.58. The number of halogens is 1. The first kappa shape index (κ1) is 10.9. The first-order valence-corrected chi connectivity index (χ1v) is 5.11. The van der Waals surface area contributed by atoms with Crippen molar-refractivity contribution in [1.82, 2.24) is 4.98 Å². The largest absolute Gasteiger partial charge is 0.481 e. The van der Waals surface area contributed by atoms with Gasteiger partial charge in [0.25, 0.3) is 0 Å². The van der Waals surface area contributed by atoms with Crippen molar-refractivity contribution < 1.29 is 14.7 Å². The first-order valence-electron chi connectivity index (χ1n) is 4.73. The van der Waals surface area contributed by atoms with E-state index < -0.39 is 17.8 Å². The molecule has 1 aliphatic carbocycles. The molecule has 0 unspecified atom stereocenters. The quantitative estimate of drug-likeness (QED) is 0.783. The Morgan fingerprint density at radius 1 is 1.50 bits per heavy atom. The lowest BCUT2D eigenvalue weighted by molar-refractivity contribution is -0.139. The van der Waals surface area contributed by atoms with Crippen molar-refractivity contribution >= 4 is 29.2 Å². The van der Waals surface area contributed by atoms with Crippen LogP contribution in [0.3, 0.4) is 0 Å². The third-order valence-electron chi connectivity index (χ3n) is 2.44. The second kappa shape index (κ2) is 4.09. The number of pyridine rings is 1. The predicted octanol–water partition coefficient (Wildman–Crippen LogP) is 1.39. The number of aliphatic carboxylic acids is 1. The molecule has 1 fully saturated rings. The number of rotatable bonds is 3. The van der Waals surface area contributed by atoms with Gasteiger partial charge in [0.1, 0.15) is 5.15 Å². The molecule has 0 aromatic carbocycles. The Balaban J connectivity index is 1.96. The van der Waals surface area contributed by atoms with E-state index in [0.717, 1.165) is 0 Å². The summed E-state index contributed by atoms with van der Waals surface area (Å²) in [6.07, 6.45) is 1.87. The Bertz CT molecular complexity index is 449. The lowest BCUT2D eigenvalue weighted by Gasteiger charge is -2.03. The summed E-state index contributed by atoms with van der Waals surface area (Å²) < 4.78 is 0. The van der Waals surface area contributed by atoms with Gasteiger partial charge in [0.05, 0.1) is 11.8 Å². The van der Waals surface area contributed by atoms with Crippen molar-refractivity contribution in [2.75, 3.05) is 5.32 Å². The summed E-state index contributed by atoms with van der Waals surface area (Å²) in [6, 6.07) is 3.11. The van der Waals surface area contributed by atoms with Crippen LogP contribution >= 0.6 is 11.6 Å². The maximum atomic E-state index is 11.6. The highest BCUT2D eigenvalue weighted by Crippen LogP contribution is 2.39. The van der Waals surface area contributed by atoms with Crippen molar-refractivity contribution in [3.05, 3.63) is 23.5 Å². The highest BCUT2D eigenvalue weighted by atomic mass is 35.5. The summed E-state index contributed by atoms with van der Waals surface area (Å²) in [7, 11) is 0. The molecule has 0 bridgehead atoms. The van der Waals surface area contributed by atoms with Crippen LogP contribution in [0.15, 0.2) is 18.3 Å². The van der Waals surface area contributed by atoms with E-state index in [1.807, 2.05) is 0 Å². The van der Waals surface area contributed by atoms with Crippen LogP contribution in [0.5, 0.6) is 0 Å². The maximum absolute atomic E-state index is 11.6. The number of carboxylic acids is 1. The van der Waals surface area contributed by atoms with Crippen molar-refractivity contribution in [3.63, 3.8) is 0 Å². The molecule has 1 saturated carbocycles. The minimum Gasteiger partial charge on any atom is -0.481 e. The Hall–Kier alpha value is -1.62. The van der Waals surface area contributed by atoms with Gasteiger partial charge < -0.3 is 10.4 Å². The zero-order chi connectivity index (χ0) is 11.7. The molecule has 1 aromatic rings. The van der Waals surface area contributed by atoms with Crippen LogP contribution < -0.4 is 5.32 Å². The smallest absolute Gasteiger partial charge is 0.307 e. The van der Waals surface area contributed by atoms with Crippen molar-refractivity contribution in [2.24, 2.45) is 11.8 Å². The Kier molecular flexibility index (Phi) is 2.78. The van der Waals surface area contributed by atoms with E-state index >= 15 is 0 Å². The standard InChI is InChI=1S/C10H9ClN2O3/c11-8-3-5(1-2-12-8)13-9(14)6-4-7(6)10(15)16/h1-3,6-7H,4H2,(H,15,16)(H,12,13,14)/t6-,7+/m1/s1. The fourth-order valence-electron chi connectivity index (χ4n) is 1.47. The lowest BCUT2D eigenvalue weighted by Crippen LogP contribution is -2.16. The minimum atomic E-state index is -0.923. The van der Waals surface area contributed by atoms with Crippen molar-refractivity contribution in [2.45, 2.75) is 6.42 Å². The van der Waals surface area contributed by atoms with Crippen LogP contribution in [0.4, 0.5) is 5.69 Å². The molecule has 1 aliphatic rings. The molecule has 1 heterocycles. The molecule has 84 valence electrons.